The summed E-state index contributed by atoms with van der Waals surface area (Å²) in [6.45, 7) is 4.60. The van der Waals surface area contributed by atoms with Crippen molar-refractivity contribution < 1.29 is 19.2 Å². The Kier molecular flexibility index (Phi) is 3.99. The Morgan fingerprint density at radius 1 is 1.12 bits per heavy atom. The van der Waals surface area contributed by atoms with Gasteiger partial charge in [-0.1, -0.05) is 12.2 Å². The highest BCUT2D eigenvalue weighted by molar-refractivity contribution is 6.11. The number of carbonyl (C=O) groups is 4. The van der Waals surface area contributed by atoms with Gasteiger partial charge in [0.05, 0.1) is 24.1 Å². The minimum atomic E-state index is -0.351. The minimum Gasteiger partial charge on any atom is -0.355 e. The lowest BCUT2D eigenvalue weighted by atomic mass is 9.85. The Labute approximate surface area is 139 Å². The number of allylic oxidation sites excluding steroid dienone is 2. The number of likely N-dealkylation sites (tertiary alicyclic amines) is 1. The van der Waals surface area contributed by atoms with Crippen LogP contribution in [-0.2, 0) is 9.59 Å². The van der Waals surface area contributed by atoms with E-state index in [1.54, 1.807) is 13.8 Å². The van der Waals surface area contributed by atoms with Gasteiger partial charge in [-0.15, -0.1) is 0 Å². The lowest BCUT2D eigenvalue weighted by Gasteiger charge is -2.14. The molecule has 2 heterocycles. The maximum atomic E-state index is 12.6. The van der Waals surface area contributed by atoms with Crippen LogP contribution in [0.5, 0.6) is 0 Å². The first-order chi connectivity index (χ1) is 11.3. The van der Waals surface area contributed by atoms with Crippen molar-refractivity contribution in [2.24, 2.45) is 11.8 Å². The van der Waals surface area contributed by atoms with Crippen LogP contribution in [0.15, 0.2) is 12.2 Å². The van der Waals surface area contributed by atoms with Crippen molar-refractivity contribution >= 4 is 23.4 Å². The van der Waals surface area contributed by atoms with Gasteiger partial charge in [-0.25, -0.2) is 0 Å². The second kappa shape index (κ2) is 5.85. The number of imide groups is 1. The van der Waals surface area contributed by atoms with Crippen LogP contribution >= 0.6 is 0 Å². The number of carbonyl (C=O) groups excluding carboxylic acids is 4. The van der Waals surface area contributed by atoms with E-state index < -0.39 is 0 Å². The number of rotatable bonds is 4. The van der Waals surface area contributed by atoms with Crippen LogP contribution in [0, 0.1) is 25.7 Å². The lowest BCUT2D eigenvalue weighted by Crippen LogP contribution is -2.36. The third-order valence-corrected chi connectivity index (χ3v) is 4.97. The van der Waals surface area contributed by atoms with Crippen molar-refractivity contribution in [2.75, 3.05) is 6.54 Å². The fraction of sp³-hybridized carbons (Fsp3) is 0.444. The van der Waals surface area contributed by atoms with Crippen LogP contribution in [-0.4, -0.2) is 39.8 Å². The Morgan fingerprint density at radius 3 is 2.12 bits per heavy atom. The maximum Gasteiger partial charge on any atom is 0.233 e. The van der Waals surface area contributed by atoms with E-state index in [2.05, 4.69) is 4.98 Å². The molecule has 24 heavy (non-hydrogen) atoms. The first kappa shape index (κ1) is 16.4. The van der Waals surface area contributed by atoms with Gasteiger partial charge in [0.25, 0.3) is 0 Å². The number of amides is 2. The summed E-state index contributed by atoms with van der Waals surface area (Å²) in [4.78, 5) is 53.2. The average Bonchev–Trinajstić information content (AvgIpc) is 2.97. The van der Waals surface area contributed by atoms with Gasteiger partial charge >= 0.3 is 0 Å². The molecular weight excluding hydrogens is 308 g/mol. The van der Waals surface area contributed by atoms with Crippen molar-refractivity contribution in [3.63, 3.8) is 0 Å². The summed E-state index contributed by atoms with van der Waals surface area (Å²) in [5.41, 5.74) is 1.99. The molecule has 126 valence electrons. The molecular formula is C18H20N2O4. The number of fused-ring (bicyclic) bond motifs is 1. The Morgan fingerprint density at radius 2 is 1.67 bits per heavy atom. The Bertz CT molecular complexity index is 761. The number of nitrogens with one attached hydrogen (secondary N) is 1. The summed E-state index contributed by atoms with van der Waals surface area (Å²) in [5.74, 6) is -1.68. The molecule has 6 heteroatoms. The van der Waals surface area contributed by atoms with Gasteiger partial charge in [-0.05, 0) is 39.2 Å². The third kappa shape index (κ3) is 2.42. The molecule has 1 saturated heterocycles. The lowest BCUT2D eigenvalue weighted by molar-refractivity contribution is -0.139. The molecule has 0 aromatic carbocycles. The monoisotopic (exact) mass is 328 g/mol. The summed E-state index contributed by atoms with van der Waals surface area (Å²) in [7, 11) is 0. The fourth-order valence-corrected chi connectivity index (χ4v) is 3.80. The number of aromatic amines is 1. The van der Waals surface area contributed by atoms with E-state index in [0.29, 0.717) is 35.4 Å². The molecule has 6 nitrogen and oxygen atoms in total. The quantitative estimate of drug-likeness (QED) is 0.520. The molecule has 2 aliphatic rings. The van der Waals surface area contributed by atoms with E-state index in [-0.39, 0.29) is 41.8 Å². The van der Waals surface area contributed by atoms with Gasteiger partial charge in [-0.3, -0.25) is 24.1 Å². The molecule has 1 aliphatic carbocycles. The van der Waals surface area contributed by atoms with Crippen LogP contribution in [0.1, 0.15) is 51.9 Å². The van der Waals surface area contributed by atoms with Crippen LogP contribution in [0.2, 0.25) is 0 Å². The van der Waals surface area contributed by atoms with Crippen LogP contribution < -0.4 is 0 Å². The van der Waals surface area contributed by atoms with Crippen molar-refractivity contribution in [3.05, 3.63) is 34.7 Å². The number of aryl methyl sites for hydroxylation is 1. The largest absolute Gasteiger partial charge is 0.355 e. The molecule has 3 rings (SSSR count). The van der Waals surface area contributed by atoms with E-state index in [1.807, 2.05) is 12.2 Å². The summed E-state index contributed by atoms with van der Waals surface area (Å²) >= 11 is 0. The molecule has 0 radical (unpaired) electrons. The summed E-state index contributed by atoms with van der Waals surface area (Å²) in [5, 5.41) is 0. The van der Waals surface area contributed by atoms with Gasteiger partial charge in [0.15, 0.2) is 11.6 Å². The molecule has 1 aromatic heterocycles. The molecule has 0 bridgehead atoms. The average molecular weight is 328 g/mol. The molecule has 0 saturated carbocycles. The number of hydrogen-bond acceptors (Lipinski definition) is 4. The molecule has 0 unspecified atom stereocenters. The van der Waals surface area contributed by atoms with Gasteiger partial charge in [0.1, 0.15) is 0 Å². The van der Waals surface area contributed by atoms with E-state index in [1.165, 1.54) is 6.92 Å². The number of H-pyrrole nitrogens is 1. The highest BCUT2D eigenvalue weighted by atomic mass is 16.2. The molecule has 2 atom stereocenters. The molecule has 1 aliphatic heterocycles. The van der Waals surface area contributed by atoms with Gasteiger partial charge in [0, 0.05) is 11.3 Å². The van der Waals surface area contributed by atoms with E-state index in [4.69, 9.17) is 0 Å². The smallest absolute Gasteiger partial charge is 0.233 e. The topological polar surface area (TPSA) is 87.3 Å². The SMILES string of the molecule is CC(=O)c1c(C)[nH]c(C(=O)CN2C(=O)[C@H]3CC=CC[C@@H]3C2=O)c1C. The Balaban J connectivity index is 1.83. The number of ketones is 2. The predicted molar refractivity (Wildman–Crippen MR) is 86.7 cm³/mol. The second-order valence-electron chi connectivity index (χ2n) is 6.52. The summed E-state index contributed by atoms with van der Waals surface area (Å²) < 4.78 is 0. The predicted octanol–water partition coefficient (Wildman–Crippen LogP) is 1.97. The zero-order chi connectivity index (χ0) is 17.6. The highest BCUT2D eigenvalue weighted by Crippen LogP contribution is 2.35. The minimum absolute atomic E-state index is 0.120. The second-order valence-corrected chi connectivity index (χ2v) is 6.52. The zero-order valence-electron chi connectivity index (χ0n) is 14.0. The van der Waals surface area contributed by atoms with Crippen LogP contribution in [0.3, 0.4) is 0 Å². The normalized spacial score (nSPS) is 22.9. The molecule has 1 aromatic rings. The third-order valence-electron chi connectivity index (χ3n) is 4.97. The standard InChI is InChI=1S/C18H20N2O4/c1-9-15(11(3)21)10(2)19-16(9)14(22)8-20-17(23)12-6-4-5-7-13(12)18(20)24/h4-5,12-13,19H,6-8H2,1-3H3/t12-,13-/m0/s1. The van der Waals surface area contributed by atoms with Crippen molar-refractivity contribution in [1.82, 2.24) is 9.88 Å². The van der Waals surface area contributed by atoms with Crippen LogP contribution in [0.4, 0.5) is 0 Å². The van der Waals surface area contributed by atoms with Crippen molar-refractivity contribution in [3.8, 4) is 0 Å². The van der Waals surface area contributed by atoms with Gasteiger partial charge in [-0.2, -0.15) is 0 Å². The number of Topliss-reactive ketones (excluding diaryl/α,β-unsaturated/α-hetero) is 2. The number of nitrogens with zero attached hydrogens (tertiary/aromatic N) is 1. The van der Waals surface area contributed by atoms with E-state index in [0.717, 1.165) is 4.90 Å². The summed E-state index contributed by atoms with van der Waals surface area (Å²) in [6, 6.07) is 0. The first-order valence-corrected chi connectivity index (χ1v) is 8.06. The fourth-order valence-electron chi connectivity index (χ4n) is 3.80. The Hall–Kier alpha value is -2.50. The zero-order valence-corrected chi connectivity index (χ0v) is 14.0. The summed E-state index contributed by atoms with van der Waals surface area (Å²) in [6.07, 6.45) is 4.93. The number of hydrogen-bond donors (Lipinski definition) is 1. The molecule has 2 amide bonds. The van der Waals surface area contributed by atoms with Crippen molar-refractivity contribution in [2.45, 2.75) is 33.6 Å². The van der Waals surface area contributed by atoms with Crippen LogP contribution in [0.25, 0.3) is 0 Å². The molecule has 1 N–H and O–H groups in total. The van der Waals surface area contributed by atoms with Gasteiger partial charge in [0.2, 0.25) is 11.8 Å². The first-order valence-electron chi connectivity index (χ1n) is 8.06. The van der Waals surface area contributed by atoms with Gasteiger partial charge < -0.3 is 4.98 Å². The maximum absolute atomic E-state index is 12.6. The highest BCUT2D eigenvalue weighted by Gasteiger charge is 2.47. The van der Waals surface area contributed by atoms with E-state index >= 15 is 0 Å². The number of aromatic nitrogens is 1. The molecule has 0 spiro atoms. The van der Waals surface area contributed by atoms with E-state index in [9.17, 15) is 19.2 Å². The molecule has 1 fully saturated rings. The van der Waals surface area contributed by atoms with Crippen molar-refractivity contribution in [1.29, 1.82) is 0 Å².